The summed E-state index contributed by atoms with van der Waals surface area (Å²) in [5, 5.41) is 0.746. The van der Waals surface area contributed by atoms with Gasteiger partial charge in [-0.25, -0.2) is 9.69 Å². The third-order valence-corrected chi connectivity index (χ3v) is 5.53. The van der Waals surface area contributed by atoms with Crippen LogP contribution in [0.15, 0.2) is 46.9 Å². The van der Waals surface area contributed by atoms with E-state index < -0.39 is 5.54 Å². The van der Waals surface area contributed by atoms with Gasteiger partial charge in [0.1, 0.15) is 5.54 Å². The Labute approximate surface area is 170 Å². The summed E-state index contributed by atoms with van der Waals surface area (Å²) in [6.45, 7) is 4.08. The number of carbonyl (C=O) groups is 2. The Morgan fingerprint density at radius 3 is 2.15 bits per heavy atom. The van der Waals surface area contributed by atoms with E-state index in [1.54, 1.807) is 30.0 Å². The predicted molar refractivity (Wildman–Crippen MR) is 108 cm³/mol. The molecule has 1 heterocycles. The zero-order valence-electron chi connectivity index (χ0n) is 14.3. The van der Waals surface area contributed by atoms with E-state index in [-0.39, 0.29) is 11.9 Å². The fraction of sp³-hybridized carbons (Fsp3) is 0.263. The van der Waals surface area contributed by atoms with Crippen LogP contribution in [0.5, 0.6) is 0 Å². The average Bonchev–Trinajstić information content (AvgIpc) is 2.75. The quantitative estimate of drug-likeness (QED) is 0.567. The summed E-state index contributed by atoms with van der Waals surface area (Å²) in [5.41, 5.74) is 0.380. The predicted octanol–water partition coefficient (Wildman–Crippen LogP) is 5.55. The van der Waals surface area contributed by atoms with Gasteiger partial charge in [-0.15, -0.1) is 0 Å². The SMILES string of the molecule is CCN1C(=O)N(c2cc(Cl)cc(Cl)c2)C(=O)[C@@]1(C)Cc1ccc(Br)cc1. The number of urea groups is 1. The van der Waals surface area contributed by atoms with Crippen molar-refractivity contribution in [3.63, 3.8) is 0 Å². The van der Waals surface area contributed by atoms with Gasteiger partial charge in [0.05, 0.1) is 5.69 Å². The fourth-order valence-corrected chi connectivity index (χ4v) is 4.10. The van der Waals surface area contributed by atoms with Crippen LogP contribution in [0.25, 0.3) is 0 Å². The van der Waals surface area contributed by atoms with Gasteiger partial charge in [-0.1, -0.05) is 51.3 Å². The molecule has 1 saturated heterocycles. The zero-order valence-corrected chi connectivity index (χ0v) is 17.4. The first-order chi connectivity index (χ1) is 12.3. The number of amides is 3. The first-order valence-electron chi connectivity index (χ1n) is 8.13. The Hall–Kier alpha value is -1.56. The van der Waals surface area contributed by atoms with Crippen molar-refractivity contribution < 1.29 is 9.59 Å². The number of hydrogen-bond acceptors (Lipinski definition) is 2. The van der Waals surface area contributed by atoms with Gasteiger partial charge in [0, 0.05) is 27.5 Å². The highest BCUT2D eigenvalue weighted by Gasteiger charge is 2.54. The number of hydrogen-bond donors (Lipinski definition) is 0. The Morgan fingerprint density at radius 1 is 1.04 bits per heavy atom. The molecule has 0 bridgehead atoms. The second-order valence-corrected chi connectivity index (χ2v) is 8.16. The van der Waals surface area contributed by atoms with Crippen molar-refractivity contribution in [2.75, 3.05) is 11.4 Å². The van der Waals surface area contributed by atoms with Crippen LogP contribution in [0.2, 0.25) is 10.0 Å². The molecule has 4 nitrogen and oxygen atoms in total. The lowest BCUT2D eigenvalue weighted by molar-refractivity contribution is -0.124. The number of carbonyl (C=O) groups excluding carboxylic acids is 2. The van der Waals surface area contributed by atoms with E-state index in [1.165, 1.54) is 4.90 Å². The number of benzene rings is 2. The van der Waals surface area contributed by atoms with Crippen molar-refractivity contribution in [2.24, 2.45) is 0 Å². The molecule has 26 heavy (non-hydrogen) atoms. The van der Waals surface area contributed by atoms with Gasteiger partial charge in [-0.05, 0) is 49.7 Å². The van der Waals surface area contributed by atoms with E-state index in [1.807, 2.05) is 31.2 Å². The monoisotopic (exact) mass is 454 g/mol. The summed E-state index contributed by atoms with van der Waals surface area (Å²) >= 11 is 15.5. The van der Waals surface area contributed by atoms with Crippen molar-refractivity contribution in [1.82, 2.24) is 4.90 Å². The van der Waals surface area contributed by atoms with Crippen LogP contribution in [0.1, 0.15) is 19.4 Å². The number of rotatable bonds is 4. The van der Waals surface area contributed by atoms with E-state index in [2.05, 4.69) is 15.9 Å². The zero-order chi connectivity index (χ0) is 19.1. The highest BCUT2D eigenvalue weighted by Crippen LogP contribution is 2.36. The average molecular weight is 456 g/mol. The fourth-order valence-electron chi connectivity index (χ4n) is 3.33. The van der Waals surface area contributed by atoms with Crippen molar-refractivity contribution in [3.05, 3.63) is 62.5 Å². The highest BCUT2D eigenvalue weighted by atomic mass is 79.9. The summed E-state index contributed by atoms with van der Waals surface area (Å²) in [4.78, 5) is 29.0. The van der Waals surface area contributed by atoms with Crippen LogP contribution in [0, 0.1) is 0 Å². The molecule has 0 aromatic heterocycles. The lowest BCUT2D eigenvalue weighted by Crippen LogP contribution is -2.48. The number of halogens is 3. The van der Waals surface area contributed by atoms with E-state index in [9.17, 15) is 9.59 Å². The van der Waals surface area contributed by atoms with Gasteiger partial charge in [0.15, 0.2) is 0 Å². The van der Waals surface area contributed by atoms with Gasteiger partial charge < -0.3 is 4.90 Å². The second kappa shape index (κ2) is 7.22. The van der Waals surface area contributed by atoms with Gasteiger partial charge in [-0.3, -0.25) is 4.79 Å². The van der Waals surface area contributed by atoms with E-state index in [0.717, 1.165) is 10.0 Å². The molecule has 3 amide bonds. The molecule has 0 saturated carbocycles. The third kappa shape index (κ3) is 3.36. The maximum absolute atomic E-state index is 13.3. The number of imide groups is 1. The normalized spacial score (nSPS) is 20.2. The Balaban J connectivity index is 2.01. The molecule has 0 radical (unpaired) electrons. The molecule has 0 spiro atoms. The summed E-state index contributed by atoms with van der Waals surface area (Å²) < 4.78 is 0.961. The molecule has 0 N–H and O–H groups in total. The molecule has 1 aliphatic heterocycles. The Bertz CT molecular complexity index is 852. The van der Waals surface area contributed by atoms with Crippen molar-refractivity contribution in [1.29, 1.82) is 0 Å². The largest absolute Gasteiger partial charge is 0.332 e. The third-order valence-electron chi connectivity index (χ3n) is 4.57. The van der Waals surface area contributed by atoms with Crippen molar-refractivity contribution in [3.8, 4) is 0 Å². The first kappa shape index (κ1) is 19.2. The first-order valence-corrected chi connectivity index (χ1v) is 9.68. The molecule has 0 unspecified atom stereocenters. The van der Waals surface area contributed by atoms with Crippen LogP contribution < -0.4 is 4.90 Å². The molecule has 1 aliphatic rings. The summed E-state index contributed by atoms with van der Waals surface area (Å²) in [7, 11) is 0. The van der Waals surface area contributed by atoms with E-state index in [0.29, 0.717) is 28.7 Å². The van der Waals surface area contributed by atoms with Gasteiger partial charge in [0.25, 0.3) is 5.91 Å². The Morgan fingerprint density at radius 2 is 1.62 bits per heavy atom. The highest BCUT2D eigenvalue weighted by molar-refractivity contribution is 9.10. The van der Waals surface area contributed by atoms with Crippen LogP contribution in [-0.4, -0.2) is 28.9 Å². The van der Waals surface area contributed by atoms with Crippen LogP contribution in [0.3, 0.4) is 0 Å². The molecule has 136 valence electrons. The minimum Gasteiger partial charge on any atom is -0.309 e. The maximum Gasteiger partial charge on any atom is 0.332 e. The lowest BCUT2D eigenvalue weighted by Gasteiger charge is -2.30. The van der Waals surface area contributed by atoms with Gasteiger partial charge in [0.2, 0.25) is 0 Å². The molecule has 1 atom stereocenters. The van der Waals surface area contributed by atoms with E-state index >= 15 is 0 Å². The standard InChI is InChI=1S/C19H17BrCl2N2O2/c1-3-23-18(26)24(16-9-14(21)8-15(22)10-16)17(25)19(23,2)11-12-4-6-13(20)7-5-12/h4-10H,3,11H2,1-2H3/t19-/m1/s1. The second-order valence-electron chi connectivity index (χ2n) is 6.37. The minimum absolute atomic E-state index is 0.286. The van der Waals surface area contributed by atoms with Crippen molar-refractivity contribution >= 4 is 56.8 Å². The molecule has 2 aromatic carbocycles. The van der Waals surface area contributed by atoms with Crippen LogP contribution in [0.4, 0.5) is 10.5 Å². The molecule has 2 aromatic rings. The molecule has 1 fully saturated rings. The molecule has 3 rings (SSSR count). The maximum atomic E-state index is 13.3. The molecule has 0 aliphatic carbocycles. The lowest BCUT2D eigenvalue weighted by atomic mass is 9.91. The summed E-state index contributed by atoms with van der Waals surface area (Å²) in [6.07, 6.45) is 0.420. The number of anilines is 1. The Kier molecular flexibility index (Phi) is 5.33. The van der Waals surface area contributed by atoms with Crippen molar-refractivity contribution in [2.45, 2.75) is 25.8 Å². The summed E-state index contributed by atoms with van der Waals surface area (Å²) in [6, 6.07) is 12.1. The minimum atomic E-state index is -0.978. The number of likely N-dealkylation sites (N-methyl/N-ethyl adjacent to an activating group) is 1. The van der Waals surface area contributed by atoms with E-state index in [4.69, 9.17) is 23.2 Å². The van der Waals surface area contributed by atoms with Gasteiger partial charge in [-0.2, -0.15) is 0 Å². The molecular weight excluding hydrogens is 439 g/mol. The van der Waals surface area contributed by atoms with Crippen LogP contribution in [-0.2, 0) is 11.2 Å². The number of nitrogens with zero attached hydrogens (tertiary/aromatic N) is 2. The topological polar surface area (TPSA) is 40.6 Å². The molecular formula is C19H17BrCl2N2O2. The smallest absolute Gasteiger partial charge is 0.309 e. The van der Waals surface area contributed by atoms with Crippen LogP contribution >= 0.6 is 39.1 Å². The molecule has 7 heteroatoms. The van der Waals surface area contributed by atoms with Gasteiger partial charge >= 0.3 is 6.03 Å². The summed E-state index contributed by atoms with van der Waals surface area (Å²) in [5.74, 6) is -0.286.